The third-order valence-electron chi connectivity index (χ3n) is 1.55. The van der Waals surface area contributed by atoms with Gasteiger partial charge in [0.2, 0.25) is 6.41 Å². The van der Waals surface area contributed by atoms with E-state index in [9.17, 15) is 4.79 Å². The zero-order valence-corrected chi connectivity index (χ0v) is 6.86. The molecule has 0 spiro atoms. The molecule has 4 heteroatoms. The molecule has 1 aliphatic rings. The molecule has 3 nitrogen and oxygen atoms in total. The van der Waals surface area contributed by atoms with E-state index in [-0.39, 0.29) is 12.4 Å². The van der Waals surface area contributed by atoms with Crippen LogP contribution in [0.1, 0.15) is 6.92 Å². The van der Waals surface area contributed by atoms with Gasteiger partial charge >= 0.3 is 0 Å². The second-order valence-corrected chi connectivity index (χ2v) is 2.46. The highest BCUT2D eigenvalue weighted by Crippen LogP contribution is 1.93. The molecule has 0 saturated carbocycles. The summed E-state index contributed by atoms with van der Waals surface area (Å²) in [5.41, 5.74) is 0. The van der Waals surface area contributed by atoms with Gasteiger partial charge in [-0.05, 0) is 6.92 Å². The standard InChI is InChI=1S/C6H12N2O.ClH/c1-6-4-8(5-9)3-2-7-6;/h5-7H,2-4H2,1H3;1H/t6-;/m0./s1. The Morgan fingerprint density at radius 1 is 1.70 bits per heavy atom. The van der Waals surface area contributed by atoms with E-state index in [0.717, 1.165) is 26.0 Å². The fraction of sp³-hybridized carbons (Fsp3) is 0.833. The maximum absolute atomic E-state index is 10.2. The largest absolute Gasteiger partial charge is 0.342 e. The maximum atomic E-state index is 10.2. The molecule has 1 N–H and O–H groups in total. The van der Waals surface area contributed by atoms with E-state index >= 15 is 0 Å². The number of hydrogen-bond donors (Lipinski definition) is 1. The fourth-order valence-corrected chi connectivity index (χ4v) is 1.06. The lowest BCUT2D eigenvalue weighted by Crippen LogP contribution is -2.48. The van der Waals surface area contributed by atoms with Gasteiger partial charge in [-0.2, -0.15) is 0 Å². The maximum Gasteiger partial charge on any atom is 0.209 e. The number of halogens is 1. The van der Waals surface area contributed by atoms with Crippen LogP contribution in [0.5, 0.6) is 0 Å². The van der Waals surface area contributed by atoms with Crippen molar-refractivity contribution in [2.45, 2.75) is 13.0 Å². The van der Waals surface area contributed by atoms with Gasteiger partial charge in [0.1, 0.15) is 0 Å². The normalized spacial score (nSPS) is 25.3. The summed E-state index contributed by atoms with van der Waals surface area (Å²) >= 11 is 0. The van der Waals surface area contributed by atoms with E-state index in [0.29, 0.717) is 6.04 Å². The number of carbonyl (C=O) groups is 1. The summed E-state index contributed by atoms with van der Waals surface area (Å²) in [4.78, 5) is 12.0. The van der Waals surface area contributed by atoms with Crippen LogP contribution in [0.4, 0.5) is 0 Å². The topological polar surface area (TPSA) is 32.3 Å². The average Bonchev–Trinajstić information content (AvgIpc) is 1.88. The van der Waals surface area contributed by atoms with E-state index < -0.39 is 0 Å². The van der Waals surface area contributed by atoms with Gasteiger partial charge in [-0.25, -0.2) is 0 Å². The van der Waals surface area contributed by atoms with Crippen LogP contribution in [0.3, 0.4) is 0 Å². The number of hydrogen-bond acceptors (Lipinski definition) is 2. The van der Waals surface area contributed by atoms with Gasteiger partial charge in [0.15, 0.2) is 0 Å². The molecular weight excluding hydrogens is 152 g/mol. The van der Waals surface area contributed by atoms with Crippen LogP contribution in [0.15, 0.2) is 0 Å². The average molecular weight is 165 g/mol. The summed E-state index contributed by atoms with van der Waals surface area (Å²) < 4.78 is 0. The molecule has 0 bridgehead atoms. The van der Waals surface area contributed by atoms with E-state index in [1.807, 2.05) is 0 Å². The second-order valence-electron chi connectivity index (χ2n) is 2.46. The van der Waals surface area contributed by atoms with Gasteiger partial charge in [0.05, 0.1) is 0 Å². The van der Waals surface area contributed by atoms with Gasteiger partial charge in [-0.15, -0.1) is 12.4 Å². The first-order valence-corrected chi connectivity index (χ1v) is 3.25. The van der Waals surface area contributed by atoms with Crippen molar-refractivity contribution in [1.29, 1.82) is 0 Å². The molecule has 1 heterocycles. The Morgan fingerprint density at radius 2 is 2.40 bits per heavy atom. The first kappa shape index (κ1) is 9.72. The molecule has 0 aromatic carbocycles. The molecule has 0 radical (unpaired) electrons. The van der Waals surface area contributed by atoms with Gasteiger partial charge in [0.25, 0.3) is 0 Å². The number of carbonyl (C=O) groups excluding carboxylic acids is 1. The molecule has 0 aliphatic carbocycles. The van der Waals surface area contributed by atoms with E-state index in [1.165, 1.54) is 0 Å². The van der Waals surface area contributed by atoms with Crippen molar-refractivity contribution in [2.75, 3.05) is 19.6 Å². The van der Waals surface area contributed by atoms with Gasteiger partial charge in [-0.1, -0.05) is 0 Å². The third kappa shape index (κ3) is 2.54. The Balaban J connectivity index is 0.000000810. The highest BCUT2D eigenvalue weighted by molar-refractivity contribution is 5.85. The van der Waals surface area contributed by atoms with Gasteiger partial charge < -0.3 is 10.2 Å². The van der Waals surface area contributed by atoms with E-state index in [1.54, 1.807) is 4.90 Å². The summed E-state index contributed by atoms with van der Waals surface area (Å²) in [6, 6.07) is 0.462. The lowest BCUT2D eigenvalue weighted by molar-refractivity contribution is -0.119. The Bertz CT molecular complexity index is 110. The first-order valence-electron chi connectivity index (χ1n) is 3.25. The molecule has 1 atom stereocenters. The molecule has 60 valence electrons. The summed E-state index contributed by atoms with van der Waals surface area (Å²) in [7, 11) is 0. The Kier molecular flexibility index (Phi) is 4.40. The van der Waals surface area contributed by atoms with Crippen molar-refractivity contribution in [3.8, 4) is 0 Å². The number of rotatable bonds is 1. The van der Waals surface area contributed by atoms with Crippen LogP contribution >= 0.6 is 12.4 Å². The lowest BCUT2D eigenvalue weighted by atomic mass is 10.2. The monoisotopic (exact) mass is 164 g/mol. The molecule has 0 aromatic rings. The highest BCUT2D eigenvalue weighted by Gasteiger charge is 2.12. The molecule has 1 amide bonds. The zero-order valence-electron chi connectivity index (χ0n) is 6.04. The first-order chi connectivity index (χ1) is 4.33. The minimum Gasteiger partial charge on any atom is -0.342 e. The predicted octanol–water partition coefficient (Wildman–Crippen LogP) is -0.142. The second kappa shape index (κ2) is 4.52. The number of piperazine rings is 1. The Hall–Kier alpha value is -0.280. The van der Waals surface area contributed by atoms with Crippen LogP contribution in [0.25, 0.3) is 0 Å². The van der Waals surface area contributed by atoms with Crippen molar-refractivity contribution in [3.05, 3.63) is 0 Å². The van der Waals surface area contributed by atoms with E-state index in [4.69, 9.17) is 0 Å². The van der Waals surface area contributed by atoms with Gasteiger partial charge in [0, 0.05) is 25.7 Å². The Labute approximate surface area is 67.2 Å². The lowest BCUT2D eigenvalue weighted by Gasteiger charge is -2.28. The summed E-state index contributed by atoms with van der Waals surface area (Å²) in [5.74, 6) is 0. The SMILES string of the molecule is C[C@H]1CN(C=O)CCN1.Cl. The summed E-state index contributed by atoms with van der Waals surface area (Å²) in [6.07, 6.45) is 0.914. The zero-order chi connectivity index (χ0) is 6.69. The van der Waals surface area contributed by atoms with Crippen LogP contribution in [-0.4, -0.2) is 37.0 Å². The van der Waals surface area contributed by atoms with Gasteiger partial charge in [-0.3, -0.25) is 4.79 Å². The van der Waals surface area contributed by atoms with Crippen molar-refractivity contribution in [3.63, 3.8) is 0 Å². The number of amides is 1. The van der Waals surface area contributed by atoms with Crippen molar-refractivity contribution in [1.82, 2.24) is 10.2 Å². The molecular formula is C6H13ClN2O. The quantitative estimate of drug-likeness (QED) is 0.548. The highest BCUT2D eigenvalue weighted by atomic mass is 35.5. The van der Waals surface area contributed by atoms with Crippen LogP contribution in [0, 0.1) is 0 Å². The minimum atomic E-state index is 0. The Morgan fingerprint density at radius 3 is 2.80 bits per heavy atom. The molecule has 1 fully saturated rings. The van der Waals surface area contributed by atoms with Crippen LogP contribution < -0.4 is 5.32 Å². The molecule has 1 aliphatic heterocycles. The smallest absolute Gasteiger partial charge is 0.209 e. The fourth-order valence-electron chi connectivity index (χ4n) is 1.06. The van der Waals surface area contributed by atoms with Crippen LogP contribution in [0.2, 0.25) is 0 Å². The molecule has 1 rings (SSSR count). The van der Waals surface area contributed by atoms with Crippen molar-refractivity contribution < 1.29 is 4.79 Å². The van der Waals surface area contributed by atoms with Crippen molar-refractivity contribution >= 4 is 18.8 Å². The number of nitrogens with zero attached hydrogens (tertiary/aromatic N) is 1. The molecule has 0 unspecified atom stereocenters. The summed E-state index contributed by atoms with van der Waals surface area (Å²) in [6.45, 7) is 4.72. The van der Waals surface area contributed by atoms with Crippen LogP contribution in [-0.2, 0) is 4.79 Å². The number of nitrogens with one attached hydrogen (secondary N) is 1. The van der Waals surface area contributed by atoms with E-state index in [2.05, 4.69) is 12.2 Å². The molecule has 1 saturated heterocycles. The predicted molar refractivity (Wildman–Crippen MR) is 42.3 cm³/mol. The minimum absolute atomic E-state index is 0. The van der Waals surface area contributed by atoms with Crippen molar-refractivity contribution in [2.24, 2.45) is 0 Å². The third-order valence-corrected chi connectivity index (χ3v) is 1.55. The summed E-state index contributed by atoms with van der Waals surface area (Å²) in [5, 5.41) is 3.25. The molecule has 10 heavy (non-hydrogen) atoms. The molecule has 0 aromatic heterocycles.